The molecule has 0 aliphatic heterocycles. The molecule has 1 aromatic carbocycles. The SMILES string of the molecule is CN(Cc1cccs1)[C@H](C(=O)O)c1cccc(O)c1. The third-order valence-corrected chi connectivity index (χ3v) is 3.71. The lowest BCUT2D eigenvalue weighted by Gasteiger charge is -2.24. The van der Waals surface area contributed by atoms with Gasteiger partial charge in [-0.1, -0.05) is 18.2 Å². The van der Waals surface area contributed by atoms with Crippen LogP contribution in [0.5, 0.6) is 5.75 Å². The molecular weight excluding hydrogens is 262 g/mol. The van der Waals surface area contributed by atoms with Crippen molar-refractivity contribution in [2.75, 3.05) is 7.05 Å². The minimum absolute atomic E-state index is 0.0771. The highest BCUT2D eigenvalue weighted by atomic mass is 32.1. The van der Waals surface area contributed by atoms with Crippen LogP contribution in [0.15, 0.2) is 41.8 Å². The normalized spacial score (nSPS) is 12.5. The molecule has 100 valence electrons. The quantitative estimate of drug-likeness (QED) is 0.882. The maximum Gasteiger partial charge on any atom is 0.325 e. The number of carbonyl (C=O) groups is 1. The fraction of sp³-hybridized carbons (Fsp3) is 0.214. The van der Waals surface area contributed by atoms with E-state index in [1.54, 1.807) is 35.4 Å². The second-order valence-corrected chi connectivity index (χ2v) is 5.36. The van der Waals surface area contributed by atoms with E-state index in [1.165, 1.54) is 12.1 Å². The second-order valence-electron chi connectivity index (χ2n) is 4.33. The van der Waals surface area contributed by atoms with Gasteiger partial charge in [-0.15, -0.1) is 11.3 Å². The van der Waals surface area contributed by atoms with E-state index in [1.807, 2.05) is 17.5 Å². The molecule has 0 fully saturated rings. The molecule has 5 heteroatoms. The highest BCUT2D eigenvalue weighted by Crippen LogP contribution is 2.25. The number of nitrogens with zero attached hydrogens (tertiary/aromatic N) is 1. The summed E-state index contributed by atoms with van der Waals surface area (Å²) in [6.07, 6.45) is 0. The monoisotopic (exact) mass is 277 g/mol. The van der Waals surface area contributed by atoms with Crippen molar-refractivity contribution in [3.8, 4) is 5.75 Å². The third-order valence-electron chi connectivity index (χ3n) is 2.85. The van der Waals surface area contributed by atoms with Crippen LogP contribution in [0.2, 0.25) is 0 Å². The second kappa shape index (κ2) is 5.86. The van der Waals surface area contributed by atoms with Gasteiger partial charge in [-0.25, -0.2) is 0 Å². The van der Waals surface area contributed by atoms with Crippen molar-refractivity contribution in [2.45, 2.75) is 12.6 Å². The van der Waals surface area contributed by atoms with Crippen LogP contribution in [0.25, 0.3) is 0 Å². The van der Waals surface area contributed by atoms with E-state index in [9.17, 15) is 15.0 Å². The van der Waals surface area contributed by atoms with Gasteiger partial charge in [-0.2, -0.15) is 0 Å². The number of aromatic hydroxyl groups is 1. The lowest BCUT2D eigenvalue weighted by molar-refractivity contribution is -0.143. The molecule has 1 aromatic heterocycles. The Labute approximate surface area is 115 Å². The number of rotatable bonds is 5. The zero-order valence-corrected chi connectivity index (χ0v) is 11.3. The van der Waals surface area contributed by atoms with Crippen molar-refractivity contribution in [3.05, 3.63) is 52.2 Å². The minimum atomic E-state index is -0.926. The zero-order chi connectivity index (χ0) is 13.8. The predicted molar refractivity (Wildman–Crippen MR) is 74.3 cm³/mol. The molecule has 0 radical (unpaired) electrons. The summed E-state index contributed by atoms with van der Waals surface area (Å²) < 4.78 is 0. The molecule has 1 heterocycles. The largest absolute Gasteiger partial charge is 0.508 e. The Morgan fingerprint density at radius 3 is 2.74 bits per heavy atom. The van der Waals surface area contributed by atoms with Gasteiger partial charge in [0.15, 0.2) is 0 Å². The Morgan fingerprint density at radius 1 is 1.37 bits per heavy atom. The molecular formula is C14H15NO3S. The lowest BCUT2D eigenvalue weighted by Crippen LogP contribution is -2.30. The number of benzene rings is 1. The van der Waals surface area contributed by atoms with Gasteiger partial charge >= 0.3 is 5.97 Å². The molecule has 2 aromatic rings. The summed E-state index contributed by atoms with van der Waals surface area (Å²) in [6.45, 7) is 0.560. The molecule has 4 nitrogen and oxygen atoms in total. The first-order chi connectivity index (χ1) is 9.08. The number of hydrogen-bond donors (Lipinski definition) is 2. The summed E-state index contributed by atoms with van der Waals surface area (Å²) in [7, 11) is 1.77. The molecule has 0 aliphatic carbocycles. The number of phenolic OH excluding ortho intramolecular Hbond substituents is 1. The summed E-state index contributed by atoms with van der Waals surface area (Å²) in [5, 5.41) is 20.8. The van der Waals surface area contributed by atoms with Crippen LogP contribution in [0.1, 0.15) is 16.5 Å². The summed E-state index contributed by atoms with van der Waals surface area (Å²) in [4.78, 5) is 14.3. The summed E-state index contributed by atoms with van der Waals surface area (Å²) in [5.74, 6) is -0.849. The average Bonchev–Trinajstić information content (AvgIpc) is 2.81. The first-order valence-corrected chi connectivity index (χ1v) is 6.70. The van der Waals surface area contributed by atoms with Gasteiger partial charge in [0.25, 0.3) is 0 Å². The summed E-state index contributed by atoms with van der Waals surface area (Å²) in [6, 6.07) is 9.53. The van der Waals surface area contributed by atoms with E-state index >= 15 is 0 Å². The van der Waals surface area contributed by atoms with Crippen LogP contribution in [-0.2, 0) is 11.3 Å². The molecule has 0 amide bonds. The van der Waals surface area contributed by atoms with E-state index in [0.29, 0.717) is 12.1 Å². The molecule has 0 unspecified atom stereocenters. The van der Waals surface area contributed by atoms with Gasteiger partial charge in [0, 0.05) is 11.4 Å². The maximum atomic E-state index is 11.5. The highest BCUT2D eigenvalue weighted by Gasteiger charge is 2.25. The van der Waals surface area contributed by atoms with Gasteiger partial charge in [-0.05, 0) is 36.2 Å². The zero-order valence-electron chi connectivity index (χ0n) is 10.5. The molecule has 2 N–H and O–H groups in total. The Balaban J connectivity index is 2.22. The van der Waals surface area contributed by atoms with Crippen LogP contribution in [0, 0.1) is 0 Å². The van der Waals surface area contributed by atoms with Gasteiger partial charge in [0.2, 0.25) is 0 Å². The van der Waals surface area contributed by atoms with Crippen molar-refractivity contribution in [1.82, 2.24) is 4.90 Å². The van der Waals surface area contributed by atoms with E-state index in [0.717, 1.165) is 4.88 Å². The van der Waals surface area contributed by atoms with E-state index in [-0.39, 0.29) is 5.75 Å². The highest BCUT2D eigenvalue weighted by molar-refractivity contribution is 7.09. The van der Waals surface area contributed by atoms with Crippen LogP contribution in [-0.4, -0.2) is 28.1 Å². The van der Waals surface area contributed by atoms with Crippen LogP contribution >= 0.6 is 11.3 Å². The van der Waals surface area contributed by atoms with Crippen molar-refractivity contribution in [3.63, 3.8) is 0 Å². The number of likely N-dealkylation sites (N-methyl/N-ethyl adjacent to an activating group) is 1. The number of thiophene rings is 1. The summed E-state index contributed by atoms with van der Waals surface area (Å²) >= 11 is 1.59. The first kappa shape index (κ1) is 13.6. The van der Waals surface area contributed by atoms with Crippen molar-refractivity contribution in [1.29, 1.82) is 0 Å². The van der Waals surface area contributed by atoms with Gasteiger partial charge in [0.05, 0.1) is 0 Å². The van der Waals surface area contributed by atoms with Gasteiger partial charge in [-0.3, -0.25) is 9.69 Å². The molecule has 2 rings (SSSR count). The Kier molecular flexibility index (Phi) is 4.19. The molecule has 19 heavy (non-hydrogen) atoms. The maximum absolute atomic E-state index is 11.5. The van der Waals surface area contributed by atoms with Gasteiger partial charge < -0.3 is 10.2 Å². The van der Waals surface area contributed by atoms with Crippen LogP contribution in [0.3, 0.4) is 0 Å². The van der Waals surface area contributed by atoms with Gasteiger partial charge in [0.1, 0.15) is 11.8 Å². The Bertz CT molecular complexity index is 554. The van der Waals surface area contributed by atoms with Crippen LogP contribution < -0.4 is 0 Å². The third kappa shape index (κ3) is 3.33. The number of carboxylic acids is 1. The number of carboxylic acid groups (broad SMARTS) is 1. The minimum Gasteiger partial charge on any atom is -0.508 e. The smallest absolute Gasteiger partial charge is 0.325 e. The summed E-state index contributed by atoms with van der Waals surface area (Å²) in [5.41, 5.74) is 0.576. The number of aliphatic carboxylic acids is 1. The average molecular weight is 277 g/mol. The number of phenols is 1. The Hall–Kier alpha value is -1.85. The van der Waals surface area contributed by atoms with Crippen molar-refractivity contribution >= 4 is 17.3 Å². The van der Waals surface area contributed by atoms with E-state index in [4.69, 9.17) is 0 Å². The number of hydrogen-bond acceptors (Lipinski definition) is 4. The topological polar surface area (TPSA) is 60.8 Å². The predicted octanol–water partition coefficient (Wildman–Crippen LogP) is 2.71. The first-order valence-electron chi connectivity index (χ1n) is 5.82. The lowest BCUT2D eigenvalue weighted by atomic mass is 10.1. The van der Waals surface area contributed by atoms with E-state index < -0.39 is 12.0 Å². The Morgan fingerprint density at radius 2 is 2.16 bits per heavy atom. The standard InChI is InChI=1S/C14H15NO3S/c1-15(9-12-6-3-7-19-12)13(14(17)18)10-4-2-5-11(16)8-10/h2-8,13,16H,9H2,1H3,(H,17,18)/t13-/m0/s1. The van der Waals surface area contributed by atoms with Crippen molar-refractivity contribution < 1.29 is 15.0 Å². The van der Waals surface area contributed by atoms with E-state index in [2.05, 4.69) is 0 Å². The van der Waals surface area contributed by atoms with Crippen LogP contribution in [0.4, 0.5) is 0 Å². The molecule has 0 saturated carbocycles. The molecule has 0 spiro atoms. The van der Waals surface area contributed by atoms with Crippen molar-refractivity contribution in [2.24, 2.45) is 0 Å². The fourth-order valence-corrected chi connectivity index (χ4v) is 2.79. The fourth-order valence-electron chi connectivity index (χ4n) is 2.02. The molecule has 1 atom stereocenters. The molecule has 0 aliphatic rings. The molecule has 0 bridgehead atoms. The molecule has 0 saturated heterocycles.